The monoisotopic (exact) mass is 356 g/mol. The van der Waals surface area contributed by atoms with Gasteiger partial charge in [0.25, 0.3) is 0 Å². The fourth-order valence-electron chi connectivity index (χ4n) is 2.62. The standard InChI is InChI=1S/C15H12BrF3N2/c16-11-7-13(15(17,18)19)14(20-8-11)21-12-5-9-3-1-2-4-10(9)6-12/h1-4,7-8,12H,5-6H2,(H,20,21). The Bertz CT molecular complexity index is 645. The Balaban J connectivity index is 1.84. The van der Waals surface area contributed by atoms with Crippen molar-refractivity contribution in [2.75, 3.05) is 5.32 Å². The highest BCUT2D eigenvalue weighted by Gasteiger charge is 2.35. The first-order chi connectivity index (χ1) is 9.93. The maximum atomic E-state index is 13.1. The lowest BCUT2D eigenvalue weighted by Crippen LogP contribution is -2.23. The highest BCUT2D eigenvalue weighted by atomic mass is 79.9. The third-order valence-corrected chi connectivity index (χ3v) is 3.99. The summed E-state index contributed by atoms with van der Waals surface area (Å²) in [5, 5.41) is 2.94. The Morgan fingerprint density at radius 1 is 1.14 bits per heavy atom. The molecule has 0 spiro atoms. The van der Waals surface area contributed by atoms with E-state index in [1.807, 2.05) is 24.3 Å². The van der Waals surface area contributed by atoms with Crippen LogP contribution in [-0.2, 0) is 19.0 Å². The third-order valence-electron chi connectivity index (χ3n) is 3.55. The Morgan fingerprint density at radius 3 is 2.33 bits per heavy atom. The van der Waals surface area contributed by atoms with E-state index in [-0.39, 0.29) is 11.9 Å². The topological polar surface area (TPSA) is 24.9 Å². The van der Waals surface area contributed by atoms with Crippen molar-refractivity contribution in [1.82, 2.24) is 4.98 Å². The minimum Gasteiger partial charge on any atom is -0.366 e. The number of hydrogen-bond donors (Lipinski definition) is 1. The van der Waals surface area contributed by atoms with Crippen molar-refractivity contribution in [2.45, 2.75) is 25.1 Å². The molecule has 0 fully saturated rings. The van der Waals surface area contributed by atoms with Gasteiger partial charge in [0.1, 0.15) is 5.82 Å². The predicted molar refractivity (Wildman–Crippen MR) is 78.2 cm³/mol. The molecule has 21 heavy (non-hydrogen) atoms. The minimum absolute atomic E-state index is 0.0582. The van der Waals surface area contributed by atoms with Crippen LogP contribution in [-0.4, -0.2) is 11.0 Å². The second kappa shape index (κ2) is 5.33. The van der Waals surface area contributed by atoms with Crippen LogP contribution in [0.15, 0.2) is 41.0 Å². The molecule has 1 aliphatic rings. The van der Waals surface area contributed by atoms with E-state index < -0.39 is 11.7 Å². The van der Waals surface area contributed by atoms with Gasteiger partial charge in [0.05, 0.1) is 5.56 Å². The fourth-order valence-corrected chi connectivity index (χ4v) is 2.96. The number of halogens is 4. The van der Waals surface area contributed by atoms with Crippen LogP contribution >= 0.6 is 15.9 Å². The van der Waals surface area contributed by atoms with Gasteiger partial charge in [0, 0.05) is 16.7 Å². The first kappa shape index (κ1) is 14.4. The lowest BCUT2D eigenvalue weighted by Gasteiger charge is -2.17. The largest absolute Gasteiger partial charge is 0.419 e. The van der Waals surface area contributed by atoms with Crippen molar-refractivity contribution < 1.29 is 13.2 Å². The zero-order valence-corrected chi connectivity index (χ0v) is 12.5. The van der Waals surface area contributed by atoms with E-state index in [1.165, 1.54) is 17.3 Å². The molecule has 0 amide bonds. The molecule has 1 heterocycles. The van der Waals surface area contributed by atoms with Gasteiger partial charge in [0.15, 0.2) is 0 Å². The van der Waals surface area contributed by atoms with E-state index >= 15 is 0 Å². The van der Waals surface area contributed by atoms with Crippen LogP contribution < -0.4 is 5.32 Å². The summed E-state index contributed by atoms with van der Waals surface area (Å²) in [6.45, 7) is 0. The molecule has 0 bridgehead atoms. The van der Waals surface area contributed by atoms with Gasteiger partial charge in [-0.15, -0.1) is 0 Å². The van der Waals surface area contributed by atoms with Crippen LogP contribution in [0.4, 0.5) is 19.0 Å². The molecule has 1 aliphatic carbocycles. The normalized spacial score (nSPS) is 15.0. The zero-order valence-electron chi connectivity index (χ0n) is 10.9. The van der Waals surface area contributed by atoms with E-state index in [9.17, 15) is 13.2 Å². The summed E-state index contributed by atoms with van der Waals surface area (Å²) in [6.07, 6.45) is -1.62. The van der Waals surface area contributed by atoms with Crippen molar-refractivity contribution in [3.05, 3.63) is 57.7 Å². The van der Waals surface area contributed by atoms with Crippen LogP contribution in [0.3, 0.4) is 0 Å². The van der Waals surface area contributed by atoms with Gasteiger partial charge < -0.3 is 5.32 Å². The first-order valence-corrected chi connectivity index (χ1v) is 7.29. The summed E-state index contributed by atoms with van der Waals surface area (Å²) in [7, 11) is 0. The van der Waals surface area contributed by atoms with Gasteiger partial charge in [-0.3, -0.25) is 0 Å². The van der Waals surface area contributed by atoms with Crippen molar-refractivity contribution in [3.63, 3.8) is 0 Å². The molecule has 0 aliphatic heterocycles. The number of alkyl halides is 3. The highest BCUT2D eigenvalue weighted by molar-refractivity contribution is 9.10. The molecule has 0 unspecified atom stereocenters. The number of nitrogens with zero attached hydrogens (tertiary/aromatic N) is 1. The van der Waals surface area contributed by atoms with Crippen LogP contribution in [0.25, 0.3) is 0 Å². The van der Waals surface area contributed by atoms with Crippen LogP contribution in [0, 0.1) is 0 Å². The summed E-state index contributed by atoms with van der Waals surface area (Å²) in [4.78, 5) is 3.89. The lowest BCUT2D eigenvalue weighted by atomic mass is 10.1. The maximum absolute atomic E-state index is 13.1. The average molecular weight is 357 g/mol. The summed E-state index contributed by atoms with van der Waals surface area (Å²) < 4.78 is 39.5. The molecule has 3 rings (SSSR count). The van der Waals surface area contributed by atoms with Crippen LogP contribution in [0.5, 0.6) is 0 Å². The van der Waals surface area contributed by atoms with Crippen LogP contribution in [0.2, 0.25) is 0 Å². The molecule has 1 aromatic carbocycles. The van der Waals surface area contributed by atoms with Gasteiger partial charge in [-0.2, -0.15) is 13.2 Å². The molecule has 0 radical (unpaired) electrons. The summed E-state index contributed by atoms with van der Waals surface area (Å²) in [5.41, 5.74) is 1.62. The fraction of sp³-hybridized carbons (Fsp3) is 0.267. The number of aromatic nitrogens is 1. The zero-order chi connectivity index (χ0) is 15.0. The Labute approximate surface area is 128 Å². The van der Waals surface area contributed by atoms with Gasteiger partial charge in [-0.1, -0.05) is 24.3 Å². The SMILES string of the molecule is FC(F)(F)c1cc(Br)cnc1NC1Cc2ccccc2C1. The molecule has 2 aromatic rings. The first-order valence-electron chi connectivity index (χ1n) is 6.49. The predicted octanol–water partition coefficient (Wildman–Crippen LogP) is 4.44. The number of rotatable bonds is 2. The Morgan fingerprint density at radius 2 is 1.76 bits per heavy atom. The molecule has 0 saturated heterocycles. The molecule has 0 atom stereocenters. The number of benzene rings is 1. The van der Waals surface area contributed by atoms with Gasteiger partial charge >= 0.3 is 6.18 Å². The average Bonchev–Trinajstić information content (AvgIpc) is 2.82. The molecule has 1 aromatic heterocycles. The molecule has 6 heteroatoms. The van der Waals surface area contributed by atoms with Gasteiger partial charge in [0.2, 0.25) is 0 Å². The number of nitrogens with one attached hydrogen (secondary N) is 1. The van der Waals surface area contributed by atoms with E-state index in [0.29, 0.717) is 17.3 Å². The summed E-state index contributed by atoms with van der Waals surface area (Å²) in [5.74, 6) is -0.108. The number of fused-ring (bicyclic) bond motifs is 1. The van der Waals surface area contributed by atoms with Gasteiger partial charge in [-0.25, -0.2) is 4.98 Å². The van der Waals surface area contributed by atoms with Crippen molar-refractivity contribution in [2.24, 2.45) is 0 Å². The molecule has 1 N–H and O–H groups in total. The number of pyridine rings is 1. The second-order valence-corrected chi connectivity index (χ2v) is 5.98. The molecular formula is C15H12BrF3N2. The van der Waals surface area contributed by atoms with E-state index in [0.717, 1.165) is 6.07 Å². The molecular weight excluding hydrogens is 345 g/mol. The minimum atomic E-state index is -4.43. The summed E-state index contributed by atoms with van der Waals surface area (Å²) >= 11 is 3.03. The Kier molecular flexibility index (Phi) is 3.65. The van der Waals surface area contributed by atoms with E-state index in [4.69, 9.17) is 0 Å². The van der Waals surface area contributed by atoms with E-state index in [2.05, 4.69) is 26.2 Å². The number of anilines is 1. The van der Waals surface area contributed by atoms with Crippen molar-refractivity contribution in [3.8, 4) is 0 Å². The van der Waals surface area contributed by atoms with E-state index in [1.54, 1.807) is 0 Å². The summed E-state index contributed by atoms with van der Waals surface area (Å²) in [6, 6.07) is 8.91. The second-order valence-electron chi connectivity index (χ2n) is 5.07. The smallest absolute Gasteiger partial charge is 0.366 e. The van der Waals surface area contributed by atoms with Crippen LogP contribution in [0.1, 0.15) is 16.7 Å². The number of hydrogen-bond acceptors (Lipinski definition) is 2. The molecule has 2 nitrogen and oxygen atoms in total. The van der Waals surface area contributed by atoms with Crippen molar-refractivity contribution >= 4 is 21.7 Å². The Hall–Kier alpha value is -1.56. The highest BCUT2D eigenvalue weighted by Crippen LogP contribution is 2.36. The van der Waals surface area contributed by atoms with Crippen molar-refractivity contribution in [1.29, 1.82) is 0 Å². The third kappa shape index (κ3) is 3.05. The molecule has 110 valence electrons. The maximum Gasteiger partial charge on any atom is 0.419 e. The molecule has 0 saturated carbocycles. The lowest BCUT2D eigenvalue weighted by molar-refractivity contribution is -0.137. The quantitative estimate of drug-likeness (QED) is 0.860. The van der Waals surface area contributed by atoms with Gasteiger partial charge in [-0.05, 0) is 46.0 Å².